The van der Waals surface area contributed by atoms with Crippen LogP contribution in [0.1, 0.15) is 25.5 Å². The van der Waals surface area contributed by atoms with Crippen LogP contribution in [0.4, 0.5) is 5.69 Å². The van der Waals surface area contributed by atoms with Gasteiger partial charge in [-0.25, -0.2) is 0 Å². The van der Waals surface area contributed by atoms with Crippen LogP contribution in [0.15, 0.2) is 42.5 Å². The molecule has 25 heavy (non-hydrogen) atoms. The molecule has 0 radical (unpaired) electrons. The van der Waals surface area contributed by atoms with E-state index < -0.39 is 0 Å². The molecule has 0 bridgehead atoms. The van der Waals surface area contributed by atoms with Crippen molar-refractivity contribution < 1.29 is 19.0 Å². The van der Waals surface area contributed by atoms with Gasteiger partial charge in [-0.3, -0.25) is 10.1 Å². The number of hydrogen-bond acceptors (Lipinski definition) is 5. The molecule has 0 saturated heterocycles. The van der Waals surface area contributed by atoms with E-state index in [-0.39, 0.29) is 24.8 Å². The van der Waals surface area contributed by atoms with Crippen molar-refractivity contribution in [1.29, 1.82) is 0 Å². The van der Waals surface area contributed by atoms with Crippen LogP contribution in [0.3, 0.4) is 0 Å². The summed E-state index contributed by atoms with van der Waals surface area (Å²) >= 11 is 0. The van der Waals surface area contributed by atoms with Gasteiger partial charge in [0.15, 0.2) is 11.5 Å². The summed E-state index contributed by atoms with van der Waals surface area (Å²) in [5.74, 6) is 2.00. The van der Waals surface area contributed by atoms with Crippen LogP contribution in [0.25, 0.3) is 0 Å². The number of carbonyl (C=O) groups is 1. The van der Waals surface area contributed by atoms with E-state index in [1.165, 1.54) is 0 Å². The van der Waals surface area contributed by atoms with Gasteiger partial charge in [-0.1, -0.05) is 18.2 Å². The van der Waals surface area contributed by atoms with Crippen LogP contribution >= 0.6 is 0 Å². The van der Waals surface area contributed by atoms with Crippen LogP contribution in [0.2, 0.25) is 0 Å². The van der Waals surface area contributed by atoms with E-state index in [9.17, 15) is 4.79 Å². The first kappa shape index (κ1) is 17.1. The summed E-state index contributed by atoms with van der Waals surface area (Å²) in [6, 6.07) is 12.7. The van der Waals surface area contributed by atoms with Crippen molar-refractivity contribution in [2.75, 3.05) is 19.2 Å². The Morgan fingerprint density at radius 3 is 2.68 bits per heavy atom. The number of nitrogens with one attached hydrogen (secondary N) is 2. The number of amides is 1. The molecule has 6 heteroatoms. The number of rotatable bonds is 6. The first-order chi connectivity index (χ1) is 12.1. The molecule has 0 saturated carbocycles. The predicted molar refractivity (Wildman–Crippen MR) is 95.2 cm³/mol. The molecule has 2 aromatic carbocycles. The number of methoxy groups -OCH3 is 1. The van der Waals surface area contributed by atoms with Gasteiger partial charge in [-0.2, -0.15) is 0 Å². The smallest absolute Gasteiger partial charge is 0.241 e. The normalized spacial score (nSPS) is 14.7. The second kappa shape index (κ2) is 7.44. The predicted octanol–water partition coefficient (Wildman–Crippen LogP) is 3.10. The van der Waals surface area contributed by atoms with Gasteiger partial charge in [-0.15, -0.1) is 0 Å². The van der Waals surface area contributed by atoms with E-state index in [1.807, 2.05) is 38.1 Å². The Labute approximate surface area is 147 Å². The highest BCUT2D eigenvalue weighted by Crippen LogP contribution is 2.34. The molecule has 3 rings (SSSR count). The third-order valence-corrected chi connectivity index (χ3v) is 4.14. The van der Waals surface area contributed by atoms with Gasteiger partial charge < -0.3 is 19.5 Å². The minimum atomic E-state index is -0.384. The highest BCUT2D eigenvalue weighted by atomic mass is 16.7. The summed E-state index contributed by atoms with van der Waals surface area (Å²) in [4.78, 5) is 12.5. The second-order valence-corrected chi connectivity index (χ2v) is 5.91. The number of benzene rings is 2. The third kappa shape index (κ3) is 3.85. The van der Waals surface area contributed by atoms with E-state index >= 15 is 0 Å². The number of anilines is 1. The average Bonchev–Trinajstić information content (AvgIpc) is 3.09. The topological polar surface area (TPSA) is 68.8 Å². The molecular formula is C19H22N2O4. The molecule has 2 N–H and O–H groups in total. The highest BCUT2D eigenvalue weighted by molar-refractivity contribution is 5.94. The molecule has 0 aliphatic carbocycles. The molecule has 1 aliphatic rings. The number of ether oxygens (including phenoxy) is 3. The third-order valence-electron chi connectivity index (χ3n) is 4.14. The molecule has 1 amide bonds. The maximum absolute atomic E-state index is 12.5. The quantitative estimate of drug-likeness (QED) is 0.844. The van der Waals surface area contributed by atoms with Crippen LogP contribution in [0.5, 0.6) is 17.2 Å². The van der Waals surface area contributed by atoms with E-state index in [0.717, 1.165) is 11.3 Å². The average molecular weight is 342 g/mol. The molecule has 1 aliphatic heterocycles. The van der Waals surface area contributed by atoms with Crippen LogP contribution in [-0.4, -0.2) is 25.9 Å². The summed E-state index contributed by atoms with van der Waals surface area (Å²) in [7, 11) is 1.64. The van der Waals surface area contributed by atoms with Gasteiger partial charge in [0.05, 0.1) is 13.2 Å². The number of hydrogen-bond donors (Lipinski definition) is 2. The van der Waals surface area contributed by atoms with Crippen LogP contribution in [-0.2, 0) is 4.79 Å². The summed E-state index contributed by atoms with van der Waals surface area (Å²) in [5, 5.41) is 6.18. The molecule has 132 valence electrons. The van der Waals surface area contributed by atoms with Crippen molar-refractivity contribution in [3.63, 3.8) is 0 Å². The van der Waals surface area contributed by atoms with Crippen LogP contribution in [0, 0.1) is 0 Å². The Hall–Kier alpha value is -2.73. The van der Waals surface area contributed by atoms with E-state index in [4.69, 9.17) is 14.2 Å². The van der Waals surface area contributed by atoms with Gasteiger partial charge >= 0.3 is 0 Å². The Bertz CT molecular complexity index is 763. The lowest BCUT2D eigenvalue weighted by Crippen LogP contribution is -2.39. The zero-order valence-corrected chi connectivity index (χ0v) is 14.5. The lowest BCUT2D eigenvalue weighted by Gasteiger charge is -2.21. The Morgan fingerprint density at radius 1 is 1.12 bits per heavy atom. The Morgan fingerprint density at radius 2 is 1.88 bits per heavy atom. The van der Waals surface area contributed by atoms with Crippen molar-refractivity contribution >= 4 is 11.6 Å². The second-order valence-electron chi connectivity index (χ2n) is 5.91. The fourth-order valence-electron chi connectivity index (χ4n) is 2.79. The maximum atomic E-state index is 12.5. The van der Waals surface area contributed by atoms with Gasteiger partial charge in [0.25, 0.3) is 0 Å². The Kier molecular flexibility index (Phi) is 5.09. The SMILES string of the molecule is COc1ccccc1[C@@H](C)N[C@H](C)C(=O)Nc1ccc2c(c1)OCO2. The van der Waals surface area contributed by atoms with Gasteiger partial charge in [0, 0.05) is 23.4 Å². The monoisotopic (exact) mass is 342 g/mol. The fraction of sp³-hybridized carbons (Fsp3) is 0.316. The van der Waals surface area contributed by atoms with E-state index in [1.54, 1.807) is 25.3 Å². The van der Waals surface area contributed by atoms with Crippen molar-refractivity contribution in [1.82, 2.24) is 5.32 Å². The van der Waals surface area contributed by atoms with Crippen molar-refractivity contribution in [3.8, 4) is 17.2 Å². The zero-order valence-electron chi connectivity index (χ0n) is 14.5. The van der Waals surface area contributed by atoms with Crippen molar-refractivity contribution in [3.05, 3.63) is 48.0 Å². The molecule has 0 fully saturated rings. The summed E-state index contributed by atoms with van der Waals surface area (Å²) in [6.07, 6.45) is 0. The summed E-state index contributed by atoms with van der Waals surface area (Å²) < 4.78 is 16.0. The largest absolute Gasteiger partial charge is 0.496 e. The van der Waals surface area contributed by atoms with Gasteiger partial charge in [0.2, 0.25) is 12.7 Å². The summed E-state index contributed by atoms with van der Waals surface area (Å²) in [5.41, 5.74) is 1.68. The lowest BCUT2D eigenvalue weighted by atomic mass is 10.1. The molecule has 2 atom stereocenters. The first-order valence-corrected chi connectivity index (χ1v) is 8.18. The molecule has 2 aromatic rings. The minimum absolute atomic E-state index is 0.0337. The first-order valence-electron chi connectivity index (χ1n) is 8.18. The number of fused-ring (bicyclic) bond motifs is 1. The zero-order chi connectivity index (χ0) is 17.8. The fourth-order valence-corrected chi connectivity index (χ4v) is 2.79. The van der Waals surface area contributed by atoms with E-state index in [0.29, 0.717) is 17.2 Å². The van der Waals surface area contributed by atoms with Crippen molar-refractivity contribution in [2.24, 2.45) is 0 Å². The van der Waals surface area contributed by atoms with Crippen LogP contribution < -0.4 is 24.8 Å². The molecule has 0 unspecified atom stereocenters. The maximum Gasteiger partial charge on any atom is 0.241 e. The lowest BCUT2D eigenvalue weighted by molar-refractivity contribution is -0.117. The molecular weight excluding hydrogens is 320 g/mol. The molecule has 0 spiro atoms. The number of carbonyl (C=O) groups excluding carboxylic acids is 1. The van der Waals surface area contributed by atoms with E-state index in [2.05, 4.69) is 10.6 Å². The summed E-state index contributed by atoms with van der Waals surface area (Å²) in [6.45, 7) is 4.04. The molecule has 6 nitrogen and oxygen atoms in total. The highest BCUT2D eigenvalue weighted by Gasteiger charge is 2.20. The van der Waals surface area contributed by atoms with Crippen molar-refractivity contribution in [2.45, 2.75) is 25.9 Å². The molecule has 0 aromatic heterocycles. The molecule has 1 heterocycles. The number of para-hydroxylation sites is 1. The minimum Gasteiger partial charge on any atom is -0.496 e. The Balaban J connectivity index is 1.62. The standard InChI is InChI=1S/C19H22N2O4/c1-12(15-6-4-5-7-16(15)23-3)20-13(2)19(22)21-14-8-9-17-18(10-14)25-11-24-17/h4-10,12-13,20H,11H2,1-3H3,(H,21,22)/t12-,13-/m1/s1. The van der Waals surface area contributed by atoms with Gasteiger partial charge in [-0.05, 0) is 32.0 Å². The van der Waals surface area contributed by atoms with Gasteiger partial charge in [0.1, 0.15) is 5.75 Å².